The minimum Gasteiger partial charge on any atom is -0.434 e. The molecule has 0 aliphatic carbocycles. The first-order valence-corrected chi connectivity index (χ1v) is 12.4. The highest BCUT2D eigenvalue weighted by Crippen LogP contribution is 2.29. The fraction of sp³-hybridized carbons (Fsp3) is 0.241. The molecule has 2 unspecified atom stereocenters. The number of nitrogens with zero attached hydrogens (tertiary/aromatic N) is 1. The third-order valence-electron chi connectivity index (χ3n) is 6.27. The van der Waals surface area contributed by atoms with Crippen LogP contribution in [-0.2, 0) is 14.3 Å². The van der Waals surface area contributed by atoms with E-state index in [9.17, 15) is 19.2 Å². The molecule has 0 saturated carbocycles. The number of amides is 3. The van der Waals surface area contributed by atoms with Gasteiger partial charge in [0.2, 0.25) is 11.8 Å². The second-order valence-corrected chi connectivity index (χ2v) is 8.86. The molecule has 3 aromatic rings. The molecule has 2 atom stereocenters. The number of rotatable bonds is 8. The Hall–Kier alpha value is -4.66. The predicted octanol–water partition coefficient (Wildman–Crippen LogP) is 5.02. The van der Waals surface area contributed by atoms with Crippen LogP contribution in [0.1, 0.15) is 42.2 Å². The van der Waals surface area contributed by atoms with Crippen molar-refractivity contribution in [3.8, 4) is 5.75 Å². The van der Waals surface area contributed by atoms with Gasteiger partial charge in [0.05, 0.1) is 18.6 Å². The summed E-state index contributed by atoms with van der Waals surface area (Å²) in [5.74, 6) is -0.782. The van der Waals surface area contributed by atoms with Gasteiger partial charge in [0.15, 0.2) is 0 Å². The van der Waals surface area contributed by atoms with Gasteiger partial charge in [-0.15, -0.1) is 0 Å². The van der Waals surface area contributed by atoms with Crippen molar-refractivity contribution < 1.29 is 28.7 Å². The third-order valence-corrected chi connectivity index (χ3v) is 6.27. The van der Waals surface area contributed by atoms with Crippen LogP contribution in [-0.4, -0.2) is 41.9 Å². The van der Waals surface area contributed by atoms with E-state index in [1.807, 2.05) is 37.3 Å². The normalized spacial score (nSPS) is 15.5. The first-order valence-electron chi connectivity index (χ1n) is 12.4. The van der Waals surface area contributed by atoms with E-state index in [1.165, 1.54) is 24.3 Å². The van der Waals surface area contributed by atoms with Crippen molar-refractivity contribution in [1.82, 2.24) is 4.90 Å². The number of ether oxygens (including phenoxy) is 2. The summed E-state index contributed by atoms with van der Waals surface area (Å²) >= 11 is 0. The summed E-state index contributed by atoms with van der Waals surface area (Å²) in [4.78, 5) is 51.1. The number of benzene rings is 3. The molecule has 0 radical (unpaired) electrons. The Morgan fingerprint density at radius 3 is 2.18 bits per heavy atom. The number of hydrogen-bond donors (Lipinski definition) is 2. The smallest absolute Gasteiger partial charge is 0.434 e. The zero-order valence-corrected chi connectivity index (χ0v) is 21.2. The second kappa shape index (κ2) is 12.1. The Morgan fingerprint density at radius 1 is 0.921 bits per heavy atom. The van der Waals surface area contributed by atoms with Gasteiger partial charge < -0.3 is 25.0 Å². The molecule has 0 bridgehead atoms. The lowest BCUT2D eigenvalue weighted by atomic mass is 10.1. The summed E-state index contributed by atoms with van der Waals surface area (Å²) in [6.07, 6.45) is -0.642. The molecule has 1 aliphatic heterocycles. The Morgan fingerprint density at radius 2 is 1.55 bits per heavy atom. The van der Waals surface area contributed by atoms with Crippen molar-refractivity contribution >= 4 is 35.3 Å². The fourth-order valence-electron chi connectivity index (χ4n) is 4.20. The maximum atomic E-state index is 12.8. The molecule has 1 aliphatic rings. The molecule has 1 saturated heterocycles. The number of hydrogen-bond acceptors (Lipinski definition) is 6. The molecule has 3 amide bonds. The van der Waals surface area contributed by atoms with Crippen molar-refractivity contribution in [3.63, 3.8) is 0 Å². The van der Waals surface area contributed by atoms with E-state index in [1.54, 1.807) is 36.1 Å². The Kier molecular flexibility index (Phi) is 8.37. The first-order chi connectivity index (χ1) is 18.3. The Balaban J connectivity index is 1.29. The van der Waals surface area contributed by atoms with E-state index in [0.29, 0.717) is 23.5 Å². The number of likely N-dealkylation sites (tertiary alicyclic amines) is 1. The average molecular weight is 516 g/mol. The molecule has 38 heavy (non-hydrogen) atoms. The molecule has 3 aromatic carbocycles. The van der Waals surface area contributed by atoms with Gasteiger partial charge in [-0.3, -0.25) is 14.4 Å². The van der Waals surface area contributed by atoms with Crippen molar-refractivity contribution in [1.29, 1.82) is 0 Å². The van der Waals surface area contributed by atoms with Crippen molar-refractivity contribution in [2.24, 2.45) is 5.92 Å². The van der Waals surface area contributed by atoms with Crippen LogP contribution in [0.2, 0.25) is 0 Å². The van der Waals surface area contributed by atoms with Gasteiger partial charge in [0.25, 0.3) is 5.91 Å². The van der Waals surface area contributed by atoms with Crippen LogP contribution >= 0.6 is 0 Å². The molecule has 9 nitrogen and oxygen atoms in total. The van der Waals surface area contributed by atoms with Gasteiger partial charge in [-0.1, -0.05) is 30.3 Å². The lowest BCUT2D eigenvalue weighted by molar-refractivity contribution is -0.129. The summed E-state index contributed by atoms with van der Waals surface area (Å²) < 4.78 is 9.70. The maximum absolute atomic E-state index is 12.8. The molecule has 2 N–H and O–H groups in total. The summed E-state index contributed by atoms with van der Waals surface area (Å²) in [5, 5.41) is 5.64. The van der Waals surface area contributed by atoms with Crippen LogP contribution in [0, 0.1) is 5.92 Å². The highest BCUT2D eigenvalue weighted by molar-refractivity contribution is 6.04. The summed E-state index contributed by atoms with van der Waals surface area (Å²) in [6, 6.07) is 22.4. The number of anilines is 2. The van der Waals surface area contributed by atoms with Crippen LogP contribution in [0.5, 0.6) is 5.75 Å². The summed E-state index contributed by atoms with van der Waals surface area (Å²) in [5.41, 5.74) is 2.51. The first kappa shape index (κ1) is 26.4. The number of carbonyl (C=O) groups is 4. The molecule has 4 rings (SSSR count). The van der Waals surface area contributed by atoms with Crippen LogP contribution in [0.25, 0.3) is 0 Å². The van der Waals surface area contributed by atoms with Crippen molar-refractivity contribution in [3.05, 3.63) is 90.0 Å². The average Bonchev–Trinajstić information content (AvgIpc) is 3.32. The maximum Gasteiger partial charge on any atom is 0.513 e. The van der Waals surface area contributed by atoms with Crippen LogP contribution in [0.15, 0.2) is 78.9 Å². The minimum absolute atomic E-state index is 0.0416. The zero-order valence-electron chi connectivity index (χ0n) is 21.2. The lowest BCUT2D eigenvalue weighted by Gasteiger charge is -2.25. The predicted molar refractivity (Wildman–Crippen MR) is 142 cm³/mol. The Labute approximate surface area is 220 Å². The summed E-state index contributed by atoms with van der Waals surface area (Å²) in [6.45, 7) is 4.20. The molecule has 1 heterocycles. The van der Waals surface area contributed by atoms with E-state index in [-0.39, 0.29) is 42.5 Å². The van der Waals surface area contributed by atoms with Crippen molar-refractivity contribution in [2.45, 2.75) is 26.3 Å². The van der Waals surface area contributed by atoms with Gasteiger partial charge in [-0.05, 0) is 67.9 Å². The van der Waals surface area contributed by atoms with E-state index in [0.717, 1.165) is 5.56 Å². The highest BCUT2D eigenvalue weighted by atomic mass is 16.7. The second-order valence-electron chi connectivity index (χ2n) is 8.86. The van der Waals surface area contributed by atoms with E-state index < -0.39 is 12.1 Å². The largest absolute Gasteiger partial charge is 0.513 e. The van der Waals surface area contributed by atoms with E-state index in [2.05, 4.69) is 10.6 Å². The van der Waals surface area contributed by atoms with Crippen LogP contribution in [0.4, 0.5) is 16.2 Å². The quantitative estimate of drug-likeness (QED) is 0.322. The fourth-order valence-corrected chi connectivity index (χ4v) is 4.20. The van der Waals surface area contributed by atoms with Crippen molar-refractivity contribution in [2.75, 3.05) is 23.8 Å². The van der Waals surface area contributed by atoms with Gasteiger partial charge in [0, 0.05) is 29.9 Å². The minimum atomic E-state index is -0.810. The summed E-state index contributed by atoms with van der Waals surface area (Å²) in [7, 11) is 0. The number of carbonyl (C=O) groups excluding carboxylic acids is 4. The Bertz CT molecular complexity index is 1290. The topological polar surface area (TPSA) is 114 Å². The van der Waals surface area contributed by atoms with E-state index >= 15 is 0 Å². The monoisotopic (exact) mass is 515 g/mol. The molecular weight excluding hydrogens is 486 g/mol. The molecule has 196 valence electrons. The van der Waals surface area contributed by atoms with E-state index in [4.69, 9.17) is 9.47 Å². The standard InChI is InChI=1S/C29H29N3O6/c1-3-37-29(36)38-25-15-9-21(10-16-25)27(34)30-23-11-13-24(14-12-23)31-28(35)22-17-26(33)32(18-22)19(2)20-7-5-4-6-8-20/h4-16,19,22H,3,17-18H2,1-2H3,(H,30,34)(H,31,35). The zero-order chi connectivity index (χ0) is 27.1. The molecule has 0 aromatic heterocycles. The number of nitrogens with one attached hydrogen (secondary N) is 2. The lowest BCUT2D eigenvalue weighted by Crippen LogP contribution is -2.30. The van der Waals surface area contributed by atoms with Crippen LogP contribution < -0.4 is 15.4 Å². The SMILES string of the molecule is CCOC(=O)Oc1ccc(C(=O)Nc2ccc(NC(=O)C3CC(=O)N(C(C)c4ccccc4)C3)cc2)cc1. The van der Waals surface area contributed by atoms with Gasteiger partial charge in [-0.25, -0.2) is 4.79 Å². The molecule has 0 spiro atoms. The van der Waals surface area contributed by atoms with Crippen LogP contribution in [0.3, 0.4) is 0 Å². The highest BCUT2D eigenvalue weighted by Gasteiger charge is 2.37. The van der Waals surface area contributed by atoms with Gasteiger partial charge >= 0.3 is 6.16 Å². The third kappa shape index (κ3) is 6.56. The van der Waals surface area contributed by atoms with Gasteiger partial charge in [-0.2, -0.15) is 0 Å². The molecular formula is C29H29N3O6. The van der Waals surface area contributed by atoms with Gasteiger partial charge in [0.1, 0.15) is 5.75 Å². The molecule has 9 heteroatoms. The molecule has 1 fully saturated rings.